The third-order valence-corrected chi connectivity index (χ3v) is 3.54. The number of nitrogens with zero attached hydrogens (tertiary/aromatic N) is 1. The molecule has 2 rings (SSSR count). The lowest BCUT2D eigenvalue weighted by Gasteiger charge is -2.06. The fourth-order valence-electron chi connectivity index (χ4n) is 2.28. The van der Waals surface area contributed by atoms with Crippen molar-refractivity contribution >= 4 is 23.5 Å². The van der Waals surface area contributed by atoms with Gasteiger partial charge in [0.1, 0.15) is 0 Å². The van der Waals surface area contributed by atoms with Gasteiger partial charge in [-0.3, -0.25) is 9.79 Å². The van der Waals surface area contributed by atoms with Crippen molar-refractivity contribution in [2.24, 2.45) is 4.99 Å². The average Bonchev–Trinajstić information content (AvgIpc) is 2.53. The third kappa shape index (κ3) is 4.29. The lowest BCUT2D eigenvalue weighted by Crippen LogP contribution is -2.04. The quantitative estimate of drug-likeness (QED) is 0.809. The topological polar surface area (TPSA) is 41.5 Å². The Labute approximate surface area is 132 Å². The fourth-order valence-corrected chi connectivity index (χ4v) is 2.28. The van der Waals surface area contributed by atoms with Gasteiger partial charge in [-0.2, -0.15) is 0 Å². The van der Waals surface area contributed by atoms with Crippen molar-refractivity contribution in [3.05, 3.63) is 59.2 Å². The van der Waals surface area contributed by atoms with Crippen molar-refractivity contribution in [3.8, 4) is 0 Å². The molecule has 3 nitrogen and oxygen atoms in total. The molecule has 22 heavy (non-hydrogen) atoms. The van der Waals surface area contributed by atoms with Gasteiger partial charge in [0, 0.05) is 18.8 Å². The summed E-state index contributed by atoms with van der Waals surface area (Å²) >= 11 is 0. The highest BCUT2D eigenvalue weighted by molar-refractivity contribution is 5.89. The lowest BCUT2D eigenvalue weighted by molar-refractivity contribution is -0.114. The van der Waals surface area contributed by atoms with E-state index in [2.05, 4.69) is 42.4 Å². The molecule has 0 aromatic heterocycles. The Kier molecular flexibility index (Phi) is 5.48. The summed E-state index contributed by atoms with van der Waals surface area (Å²) in [6.45, 7) is 5.81. The van der Waals surface area contributed by atoms with Gasteiger partial charge in [-0.25, -0.2) is 0 Å². The van der Waals surface area contributed by atoms with E-state index in [0.29, 0.717) is 0 Å². The number of anilines is 1. The van der Waals surface area contributed by atoms with E-state index in [0.717, 1.165) is 24.2 Å². The van der Waals surface area contributed by atoms with E-state index in [1.807, 2.05) is 30.5 Å². The summed E-state index contributed by atoms with van der Waals surface area (Å²) in [6.07, 6.45) is 3.94. The minimum Gasteiger partial charge on any atom is -0.326 e. The summed E-state index contributed by atoms with van der Waals surface area (Å²) in [4.78, 5) is 15.5. The third-order valence-electron chi connectivity index (χ3n) is 3.54. The van der Waals surface area contributed by atoms with E-state index in [9.17, 15) is 4.79 Å². The molecule has 0 saturated heterocycles. The summed E-state index contributed by atoms with van der Waals surface area (Å²) in [5, 5.41) is 2.75. The van der Waals surface area contributed by atoms with E-state index in [-0.39, 0.29) is 5.91 Å². The predicted octanol–water partition coefficient (Wildman–Crippen LogP) is 4.52. The maximum absolute atomic E-state index is 11.0. The lowest BCUT2D eigenvalue weighted by atomic mass is 10.0. The number of aliphatic imine (C=N–C) groups is 1. The van der Waals surface area contributed by atoms with Crippen molar-refractivity contribution < 1.29 is 4.79 Å². The van der Waals surface area contributed by atoms with E-state index < -0.39 is 0 Å². The second kappa shape index (κ2) is 7.55. The summed E-state index contributed by atoms with van der Waals surface area (Å²) in [7, 11) is 0. The number of nitrogens with one attached hydrogen (secondary N) is 1. The maximum atomic E-state index is 11.0. The molecule has 114 valence electrons. The van der Waals surface area contributed by atoms with E-state index in [4.69, 9.17) is 0 Å². The van der Waals surface area contributed by atoms with E-state index in [1.165, 1.54) is 23.6 Å². The van der Waals surface area contributed by atoms with E-state index >= 15 is 0 Å². The summed E-state index contributed by atoms with van der Waals surface area (Å²) < 4.78 is 0. The van der Waals surface area contributed by atoms with Crippen LogP contribution in [0.5, 0.6) is 0 Å². The summed E-state index contributed by atoms with van der Waals surface area (Å²) in [6, 6.07) is 14.1. The van der Waals surface area contributed by atoms with Gasteiger partial charge in [0.15, 0.2) is 0 Å². The molecule has 1 N–H and O–H groups in total. The number of hydrogen-bond acceptors (Lipinski definition) is 2. The second-order valence-corrected chi connectivity index (χ2v) is 5.23. The van der Waals surface area contributed by atoms with Crippen LogP contribution in [-0.4, -0.2) is 12.1 Å². The smallest absolute Gasteiger partial charge is 0.221 e. The first-order chi connectivity index (χ1) is 10.6. The van der Waals surface area contributed by atoms with Crippen LogP contribution in [0.2, 0.25) is 0 Å². The number of carbonyl (C=O) groups excluding carboxylic acids is 1. The zero-order chi connectivity index (χ0) is 15.9. The number of aryl methyl sites for hydroxylation is 2. The molecule has 0 radical (unpaired) electrons. The highest BCUT2D eigenvalue weighted by Crippen LogP contribution is 2.18. The maximum Gasteiger partial charge on any atom is 0.221 e. The molecule has 0 aliphatic rings. The predicted molar refractivity (Wildman–Crippen MR) is 93.2 cm³/mol. The van der Waals surface area contributed by atoms with Gasteiger partial charge < -0.3 is 5.32 Å². The minimum atomic E-state index is -0.0692. The van der Waals surface area contributed by atoms with Gasteiger partial charge in [-0.05, 0) is 59.9 Å². The molecule has 0 aliphatic carbocycles. The van der Waals surface area contributed by atoms with Crippen molar-refractivity contribution in [1.82, 2.24) is 0 Å². The molecule has 0 saturated carbocycles. The van der Waals surface area contributed by atoms with Crippen LogP contribution < -0.4 is 5.32 Å². The van der Waals surface area contributed by atoms with Gasteiger partial charge >= 0.3 is 0 Å². The Hall–Kier alpha value is -2.42. The van der Waals surface area contributed by atoms with E-state index in [1.54, 1.807) is 0 Å². The zero-order valence-electron chi connectivity index (χ0n) is 13.4. The molecule has 1 amide bonds. The van der Waals surface area contributed by atoms with Crippen molar-refractivity contribution in [3.63, 3.8) is 0 Å². The standard InChI is InChI=1S/C19H22N2O/c1-4-15-6-7-16(5-2)17(12-15)13-20-18-8-10-19(11-9-18)21-14(3)22/h6-13H,4-5H2,1-3H3,(H,21,22). The number of rotatable bonds is 5. The minimum absolute atomic E-state index is 0.0692. The number of hydrogen-bond donors (Lipinski definition) is 1. The molecule has 0 unspecified atom stereocenters. The normalized spacial score (nSPS) is 10.9. The monoisotopic (exact) mass is 294 g/mol. The molecule has 0 atom stereocenters. The first-order valence-corrected chi connectivity index (χ1v) is 7.66. The van der Waals surface area contributed by atoms with Crippen LogP contribution in [0.4, 0.5) is 11.4 Å². The highest BCUT2D eigenvalue weighted by atomic mass is 16.1. The number of carbonyl (C=O) groups is 1. The Morgan fingerprint density at radius 1 is 1.09 bits per heavy atom. The summed E-state index contributed by atoms with van der Waals surface area (Å²) in [5.41, 5.74) is 5.45. The van der Waals surface area contributed by atoms with Gasteiger partial charge in [-0.15, -0.1) is 0 Å². The molecule has 2 aromatic carbocycles. The fraction of sp³-hybridized carbons (Fsp3) is 0.263. The molecule has 2 aromatic rings. The van der Waals surface area contributed by atoms with Crippen LogP contribution in [0.1, 0.15) is 37.5 Å². The van der Waals surface area contributed by atoms with Crippen LogP contribution in [0, 0.1) is 0 Å². The zero-order valence-corrected chi connectivity index (χ0v) is 13.4. The highest BCUT2D eigenvalue weighted by Gasteiger charge is 2.00. The van der Waals surface area contributed by atoms with Crippen LogP contribution >= 0.6 is 0 Å². The number of amides is 1. The van der Waals surface area contributed by atoms with Gasteiger partial charge in [0.05, 0.1) is 5.69 Å². The summed E-state index contributed by atoms with van der Waals surface area (Å²) in [5.74, 6) is -0.0692. The van der Waals surface area contributed by atoms with Crippen molar-refractivity contribution in [2.75, 3.05) is 5.32 Å². The van der Waals surface area contributed by atoms with Crippen LogP contribution in [0.25, 0.3) is 0 Å². The SMILES string of the molecule is CCc1ccc(CC)c(C=Nc2ccc(NC(C)=O)cc2)c1. The first kappa shape index (κ1) is 16.0. The van der Waals surface area contributed by atoms with Crippen LogP contribution in [0.15, 0.2) is 47.5 Å². The average molecular weight is 294 g/mol. The molecule has 0 heterocycles. The molecule has 0 aliphatic heterocycles. The molecule has 0 spiro atoms. The molecular weight excluding hydrogens is 272 g/mol. The van der Waals surface area contributed by atoms with Crippen LogP contribution in [-0.2, 0) is 17.6 Å². The van der Waals surface area contributed by atoms with Gasteiger partial charge in [0.2, 0.25) is 5.91 Å². The van der Waals surface area contributed by atoms with Gasteiger partial charge in [0.25, 0.3) is 0 Å². The largest absolute Gasteiger partial charge is 0.326 e. The molecule has 0 bridgehead atoms. The first-order valence-electron chi connectivity index (χ1n) is 7.66. The molecule has 3 heteroatoms. The van der Waals surface area contributed by atoms with Crippen LogP contribution in [0.3, 0.4) is 0 Å². The molecular formula is C19H22N2O. The Balaban J connectivity index is 2.19. The van der Waals surface area contributed by atoms with Crippen molar-refractivity contribution in [1.29, 1.82) is 0 Å². The Bertz CT molecular complexity index is 672. The second-order valence-electron chi connectivity index (χ2n) is 5.23. The Morgan fingerprint density at radius 3 is 2.41 bits per heavy atom. The Morgan fingerprint density at radius 2 is 1.82 bits per heavy atom. The van der Waals surface area contributed by atoms with Crippen molar-refractivity contribution in [2.45, 2.75) is 33.6 Å². The molecule has 0 fully saturated rings. The number of benzene rings is 2. The van der Waals surface area contributed by atoms with Gasteiger partial charge in [-0.1, -0.05) is 26.0 Å².